The van der Waals surface area contributed by atoms with Crippen LogP contribution >= 0.6 is 0 Å². The molecule has 1 unspecified atom stereocenters. The van der Waals surface area contributed by atoms with Crippen molar-refractivity contribution in [3.63, 3.8) is 0 Å². The Hall–Kier alpha value is -2.24. The van der Waals surface area contributed by atoms with E-state index >= 15 is 0 Å². The zero-order chi connectivity index (χ0) is 19.7. The van der Waals surface area contributed by atoms with E-state index in [1.54, 1.807) is 19.9 Å². The molecule has 26 heavy (non-hydrogen) atoms. The Morgan fingerprint density at radius 1 is 1.00 bits per heavy atom. The van der Waals surface area contributed by atoms with E-state index in [9.17, 15) is 14.4 Å². The van der Waals surface area contributed by atoms with Crippen molar-refractivity contribution in [2.75, 3.05) is 13.2 Å². The molecule has 0 aliphatic rings. The van der Waals surface area contributed by atoms with Crippen LogP contribution in [-0.2, 0) is 23.9 Å². The Morgan fingerprint density at radius 3 is 2.04 bits per heavy atom. The van der Waals surface area contributed by atoms with Gasteiger partial charge in [-0.25, -0.2) is 0 Å². The molecule has 1 rings (SSSR count). The molecule has 0 aliphatic carbocycles. The molecule has 1 heterocycles. The smallest absolute Gasteiger partial charge is 0.328 e. The van der Waals surface area contributed by atoms with E-state index in [-0.39, 0.29) is 13.2 Å². The summed E-state index contributed by atoms with van der Waals surface area (Å²) in [5.74, 6) is -4.10. The highest BCUT2D eigenvalue weighted by molar-refractivity contribution is 6.16. The minimum Gasteiger partial charge on any atom is -0.465 e. The number of ether oxygens (including phenoxy) is 2. The van der Waals surface area contributed by atoms with Crippen LogP contribution in [0.1, 0.15) is 57.8 Å². The second kappa shape index (κ2) is 10.7. The fourth-order valence-corrected chi connectivity index (χ4v) is 2.67. The van der Waals surface area contributed by atoms with Crippen LogP contribution in [0.25, 0.3) is 0 Å². The average Bonchev–Trinajstić information content (AvgIpc) is 2.55. The molecule has 1 aromatic rings. The topological polar surface area (TPSA) is 82.6 Å². The van der Waals surface area contributed by atoms with Gasteiger partial charge >= 0.3 is 11.9 Å². The quantitative estimate of drug-likeness (QED) is 0.469. The second-order valence-corrected chi connectivity index (χ2v) is 6.57. The number of carbonyl (C=O) groups excluding carboxylic acids is 3. The lowest BCUT2D eigenvalue weighted by Gasteiger charge is -2.21. The van der Waals surface area contributed by atoms with Crippen LogP contribution in [-0.4, -0.2) is 35.9 Å². The Morgan fingerprint density at radius 2 is 1.58 bits per heavy atom. The first kappa shape index (κ1) is 21.8. The van der Waals surface area contributed by atoms with Gasteiger partial charge in [0.1, 0.15) is 0 Å². The average molecular weight is 363 g/mol. The lowest BCUT2D eigenvalue weighted by molar-refractivity contribution is -0.164. The third-order valence-electron chi connectivity index (χ3n) is 3.97. The summed E-state index contributed by atoms with van der Waals surface area (Å²) in [7, 11) is 0. The number of carbonyl (C=O) groups is 3. The van der Waals surface area contributed by atoms with E-state index in [2.05, 4.69) is 18.8 Å². The van der Waals surface area contributed by atoms with Crippen LogP contribution in [0.15, 0.2) is 18.2 Å². The normalized spacial score (nSPS) is 12.1. The minimum absolute atomic E-state index is 0.0847. The molecule has 0 fully saturated rings. The zero-order valence-corrected chi connectivity index (χ0v) is 16.3. The van der Waals surface area contributed by atoms with Gasteiger partial charge in [-0.3, -0.25) is 19.4 Å². The van der Waals surface area contributed by atoms with Crippen LogP contribution in [0, 0.1) is 18.8 Å². The highest BCUT2D eigenvalue weighted by Crippen LogP contribution is 2.27. The van der Waals surface area contributed by atoms with Crippen LogP contribution < -0.4 is 0 Å². The van der Waals surface area contributed by atoms with Gasteiger partial charge in [0.2, 0.25) is 5.92 Å². The van der Waals surface area contributed by atoms with Gasteiger partial charge in [-0.2, -0.15) is 0 Å². The van der Waals surface area contributed by atoms with Crippen molar-refractivity contribution in [1.82, 2.24) is 4.98 Å². The van der Waals surface area contributed by atoms with E-state index in [1.807, 2.05) is 19.1 Å². The summed E-state index contributed by atoms with van der Waals surface area (Å²) in [6.45, 7) is 9.37. The predicted octanol–water partition coefficient (Wildman–Crippen LogP) is 3.22. The van der Waals surface area contributed by atoms with Crippen LogP contribution in [0.5, 0.6) is 0 Å². The number of esters is 2. The molecular formula is C20H29NO5. The summed E-state index contributed by atoms with van der Waals surface area (Å²) in [4.78, 5) is 42.2. The first-order valence-electron chi connectivity index (χ1n) is 9.12. The monoisotopic (exact) mass is 363 g/mol. The van der Waals surface area contributed by atoms with Gasteiger partial charge in [0.25, 0.3) is 0 Å². The summed E-state index contributed by atoms with van der Waals surface area (Å²) in [5, 5.41) is 0. The van der Waals surface area contributed by atoms with Crippen molar-refractivity contribution in [3.05, 3.63) is 29.6 Å². The minimum atomic E-state index is -1.57. The molecule has 0 aromatic carbocycles. The molecular weight excluding hydrogens is 334 g/mol. The molecule has 0 saturated carbocycles. The van der Waals surface area contributed by atoms with Crippen molar-refractivity contribution in [2.24, 2.45) is 11.8 Å². The summed E-state index contributed by atoms with van der Waals surface area (Å²) in [5.41, 5.74) is 1.34. The molecule has 1 aromatic heterocycles. The van der Waals surface area contributed by atoms with Gasteiger partial charge < -0.3 is 9.47 Å². The second-order valence-electron chi connectivity index (χ2n) is 6.57. The largest absolute Gasteiger partial charge is 0.465 e. The molecule has 0 amide bonds. The number of pyridine rings is 1. The summed E-state index contributed by atoms with van der Waals surface area (Å²) < 4.78 is 9.89. The Bertz CT molecular complexity index is 608. The predicted molar refractivity (Wildman–Crippen MR) is 97.6 cm³/mol. The van der Waals surface area contributed by atoms with Crippen molar-refractivity contribution in [2.45, 2.75) is 53.4 Å². The molecule has 0 aliphatic heterocycles. The fraction of sp³-hybridized carbons (Fsp3) is 0.600. The summed E-state index contributed by atoms with van der Waals surface area (Å²) in [6.07, 6.45) is 1.27. The van der Waals surface area contributed by atoms with Crippen LogP contribution in [0.4, 0.5) is 0 Å². The number of aryl methyl sites for hydroxylation is 1. The molecule has 0 saturated heterocycles. The van der Waals surface area contributed by atoms with Gasteiger partial charge in [0.05, 0.1) is 24.8 Å². The van der Waals surface area contributed by atoms with Crippen molar-refractivity contribution >= 4 is 17.7 Å². The Balaban J connectivity index is 3.23. The maximum atomic E-state index is 13.2. The third-order valence-corrected chi connectivity index (χ3v) is 3.97. The first-order valence-corrected chi connectivity index (χ1v) is 9.12. The van der Waals surface area contributed by atoms with Crippen LogP contribution in [0.2, 0.25) is 0 Å². The first-order chi connectivity index (χ1) is 12.3. The fourth-order valence-electron chi connectivity index (χ4n) is 2.67. The summed E-state index contributed by atoms with van der Waals surface area (Å²) >= 11 is 0. The molecule has 0 radical (unpaired) electrons. The van der Waals surface area contributed by atoms with E-state index in [1.165, 1.54) is 0 Å². The van der Waals surface area contributed by atoms with Gasteiger partial charge in [0, 0.05) is 5.69 Å². The van der Waals surface area contributed by atoms with E-state index in [0.717, 1.165) is 12.1 Å². The van der Waals surface area contributed by atoms with Gasteiger partial charge in [-0.1, -0.05) is 19.9 Å². The Labute approximate surface area is 155 Å². The van der Waals surface area contributed by atoms with Gasteiger partial charge in [-0.15, -0.1) is 0 Å². The number of aromatic nitrogens is 1. The Kier molecular flexibility index (Phi) is 8.96. The van der Waals surface area contributed by atoms with Crippen molar-refractivity contribution in [1.29, 1.82) is 0 Å². The highest BCUT2D eigenvalue weighted by atomic mass is 16.6. The molecule has 144 valence electrons. The maximum Gasteiger partial charge on any atom is 0.328 e. The number of nitrogens with zero attached hydrogens (tertiary/aromatic N) is 1. The van der Waals surface area contributed by atoms with E-state index < -0.39 is 29.6 Å². The molecule has 6 nitrogen and oxygen atoms in total. The van der Waals surface area contributed by atoms with Crippen molar-refractivity contribution in [3.8, 4) is 0 Å². The number of rotatable bonds is 10. The number of hydrogen-bond acceptors (Lipinski definition) is 6. The van der Waals surface area contributed by atoms with Crippen LogP contribution in [0.3, 0.4) is 0 Å². The number of ketones is 1. The molecule has 0 spiro atoms. The summed E-state index contributed by atoms with van der Waals surface area (Å²) in [6, 6.07) is 5.40. The third kappa shape index (κ3) is 6.24. The maximum absolute atomic E-state index is 13.2. The number of hydrogen-bond donors (Lipinski definition) is 0. The number of Topliss-reactive ketones (excluding diaryl/α,β-unsaturated/α-hetero) is 1. The standard InChI is InChI=1S/C20H29NO5/c1-6-25-19(23)17(20(24)26-7-2)18(22)15(12-11-13(3)4)16-10-8-9-14(5)21-16/h8-10,13,15,17H,6-7,11-12H2,1-5H3. The molecule has 0 bridgehead atoms. The molecule has 1 atom stereocenters. The van der Waals surface area contributed by atoms with E-state index in [0.29, 0.717) is 18.0 Å². The SMILES string of the molecule is CCOC(=O)C(C(=O)OCC)C(=O)C(CCC(C)C)c1cccc(C)n1. The van der Waals surface area contributed by atoms with Gasteiger partial charge in [0.15, 0.2) is 5.78 Å². The molecule has 6 heteroatoms. The lowest BCUT2D eigenvalue weighted by atomic mass is 9.85. The lowest BCUT2D eigenvalue weighted by Crippen LogP contribution is -2.38. The molecule has 0 N–H and O–H groups in total. The highest BCUT2D eigenvalue weighted by Gasteiger charge is 2.41. The zero-order valence-electron chi connectivity index (χ0n) is 16.3. The van der Waals surface area contributed by atoms with E-state index in [4.69, 9.17) is 9.47 Å². The van der Waals surface area contributed by atoms with Crippen molar-refractivity contribution < 1.29 is 23.9 Å². The van der Waals surface area contributed by atoms with Gasteiger partial charge in [-0.05, 0) is 51.7 Å².